The van der Waals surface area contributed by atoms with Gasteiger partial charge in [0.1, 0.15) is 0 Å². The Hall–Kier alpha value is -1.84. The molecule has 0 saturated heterocycles. The second-order valence-corrected chi connectivity index (χ2v) is 5.12. The summed E-state index contributed by atoms with van der Waals surface area (Å²) in [6, 6.07) is 9.22. The molecule has 4 nitrogen and oxygen atoms in total. The van der Waals surface area contributed by atoms with Crippen LogP contribution in [-0.4, -0.2) is 36.5 Å². The van der Waals surface area contributed by atoms with Gasteiger partial charge < -0.3 is 9.64 Å². The second kappa shape index (κ2) is 7.08. The van der Waals surface area contributed by atoms with Crippen LogP contribution in [0.25, 0.3) is 0 Å². The molecular formula is C16H21NO3. The Bertz CT molecular complexity index is 454. The molecule has 1 saturated carbocycles. The van der Waals surface area contributed by atoms with Crippen LogP contribution in [0, 0.1) is 5.92 Å². The Balaban J connectivity index is 1.95. The van der Waals surface area contributed by atoms with Crippen molar-refractivity contribution in [1.82, 2.24) is 4.90 Å². The normalized spacial score (nSPS) is 13.8. The molecule has 4 heteroatoms. The summed E-state index contributed by atoms with van der Waals surface area (Å²) in [4.78, 5) is 25.7. The van der Waals surface area contributed by atoms with E-state index in [1.54, 1.807) is 11.8 Å². The number of hydrogen-bond donors (Lipinski definition) is 0. The number of amides is 1. The molecule has 0 aromatic heterocycles. The van der Waals surface area contributed by atoms with Crippen molar-refractivity contribution in [1.29, 1.82) is 0 Å². The Morgan fingerprint density at radius 3 is 2.55 bits per heavy atom. The van der Waals surface area contributed by atoms with Gasteiger partial charge in [0.25, 0.3) is 5.91 Å². The van der Waals surface area contributed by atoms with Crippen molar-refractivity contribution in [2.24, 2.45) is 5.92 Å². The third kappa shape index (κ3) is 4.37. The molecule has 1 aliphatic carbocycles. The highest BCUT2D eigenvalue weighted by molar-refractivity contribution is 5.94. The number of rotatable bonds is 7. The molecule has 0 atom stereocenters. The van der Waals surface area contributed by atoms with Crippen LogP contribution in [0.2, 0.25) is 0 Å². The van der Waals surface area contributed by atoms with E-state index < -0.39 is 0 Å². The molecule has 0 unspecified atom stereocenters. The van der Waals surface area contributed by atoms with E-state index in [4.69, 9.17) is 4.74 Å². The van der Waals surface area contributed by atoms with Crippen molar-refractivity contribution in [2.75, 3.05) is 19.7 Å². The van der Waals surface area contributed by atoms with Gasteiger partial charge in [-0.1, -0.05) is 18.2 Å². The van der Waals surface area contributed by atoms with Crippen LogP contribution in [0.15, 0.2) is 30.3 Å². The van der Waals surface area contributed by atoms with Gasteiger partial charge in [-0.2, -0.15) is 0 Å². The topological polar surface area (TPSA) is 46.6 Å². The predicted octanol–water partition coefficient (Wildman–Crippen LogP) is 2.49. The molecule has 0 heterocycles. The van der Waals surface area contributed by atoms with Crippen LogP contribution in [0.5, 0.6) is 0 Å². The van der Waals surface area contributed by atoms with Gasteiger partial charge in [0.15, 0.2) is 0 Å². The highest BCUT2D eigenvalue weighted by atomic mass is 16.5. The molecule has 1 aliphatic rings. The first-order valence-corrected chi connectivity index (χ1v) is 7.20. The van der Waals surface area contributed by atoms with Crippen LogP contribution >= 0.6 is 0 Å². The van der Waals surface area contributed by atoms with E-state index in [2.05, 4.69) is 0 Å². The number of carbonyl (C=O) groups is 2. The molecule has 108 valence electrons. The zero-order valence-electron chi connectivity index (χ0n) is 11.9. The van der Waals surface area contributed by atoms with E-state index in [0.29, 0.717) is 24.6 Å². The zero-order valence-corrected chi connectivity index (χ0v) is 11.9. The number of carbonyl (C=O) groups excluding carboxylic acids is 2. The molecule has 0 radical (unpaired) electrons. The van der Waals surface area contributed by atoms with Crippen molar-refractivity contribution in [3.63, 3.8) is 0 Å². The van der Waals surface area contributed by atoms with E-state index >= 15 is 0 Å². The minimum Gasteiger partial charge on any atom is -0.466 e. The van der Waals surface area contributed by atoms with E-state index in [1.807, 2.05) is 30.3 Å². The summed E-state index contributed by atoms with van der Waals surface area (Å²) >= 11 is 0. The van der Waals surface area contributed by atoms with Crippen LogP contribution in [0.3, 0.4) is 0 Å². The first-order valence-electron chi connectivity index (χ1n) is 7.20. The smallest absolute Gasteiger partial charge is 0.307 e. The van der Waals surface area contributed by atoms with Gasteiger partial charge in [0.2, 0.25) is 0 Å². The van der Waals surface area contributed by atoms with Crippen molar-refractivity contribution in [3.8, 4) is 0 Å². The van der Waals surface area contributed by atoms with E-state index in [-0.39, 0.29) is 18.3 Å². The lowest BCUT2D eigenvalue weighted by molar-refractivity contribution is -0.143. The standard InChI is InChI=1S/C16H21NO3/c1-2-20-15(18)10-11-17(12-13-8-9-13)16(19)14-6-4-3-5-7-14/h3-7,13H,2,8-12H2,1H3. The molecule has 20 heavy (non-hydrogen) atoms. The van der Waals surface area contributed by atoms with Crippen molar-refractivity contribution >= 4 is 11.9 Å². The largest absolute Gasteiger partial charge is 0.466 e. The molecule has 0 aliphatic heterocycles. The Morgan fingerprint density at radius 1 is 1.25 bits per heavy atom. The summed E-state index contributed by atoms with van der Waals surface area (Å²) in [5, 5.41) is 0. The minimum atomic E-state index is -0.242. The fraction of sp³-hybridized carbons (Fsp3) is 0.500. The maximum atomic E-state index is 12.5. The summed E-state index contributed by atoms with van der Waals surface area (Å²) < 4.78 is 4.92. The summed E-state index contributed by atoms with van der Waals surface area (Å²) in [6.07, 6.45) is 2.62. The molecule has 1 aromatic rings. The lowest BCUT2D eigenvalue weighted by Crippen LogP contribution is -2.35. The predicted molar refractivity (Wildman–Crippen MR) is 76.3 cm³/mol. The van der Waals surface area contributed by atoms with Crippen LogP contribution in [0.1, 0.15) is 36.5 Å². The van der Waals surface area contributed by atoms with Gasteiger partial charge >= 0.3 is 5.97 Å². The molecule has 0 N–H and O–H groups in total. The number of nitrogens with zero attached hydrogens (tertiary/aromatic N) is 1. The fourth-order valence-electron chi connectivity index (χ4n) is 2.11. The molecular weight excluding hydrogens is 254 g/mol. The summed E-state index contributed by atoms with van der Waals surface area (Å²) in [6.45, 7) is 3.35. The number of ether oxygens (including phenoxy) is 1. The molecule has 1 amide bonds. The number of hydrogen-bond acceptors (Lipinski definition) is 3. The Morgan fingerprint density at radius 2 is 1.95 bits per heavy atom. The van der Waals surface area contributed by atoms with Gasteiger partial charge in [0, 0.05) is 18.7 Å². The lowest BCUT2D eigenvalue weighted by Gasteiger charge is -2.22. The fourth-order valence-corrected chi connectivity index (χ4v) is 2.11. The van der Waals surface area contributed by atoms with Crippen molar-refractivity contribution in [2.45, 2.75) is 26.2 Å². The van der Waals surface area contributed by atoms with Crippen LogP contribution < -0.4 is 0 Å². The van der Waals surface area contributed by atoms with E-state index in [9.17, 15) is 9.59 Å². The quantitative estimate of drug-likeness (QED) is 0.718. The summed E-state index contributed by atoms with van der Waals surface area (Å²) in [5.74, 6) is 0.362. The van der Waals surface area contributed by atoms with Crippen LogP contribution in [0.4, 0.5) is 0 Å². The Labute approximate surface area is 119 Å². The molecule has 2 rings (SSSR count). The Kier molecular flexibility index (Phi) is 5.16. The third-order valence-corrected chi connectivity index (χ3v) is 3.37. The highest BCUT2D eigenvalue weighted by Gasteiger charge is 2.27. The molecule has 0 spiro atoms. The maximum absolute atomic E-state index is 12.5. The summed E-state index contributed by atoms with van der Waals surface area (Å²) in [7, 11) is 0. The molecule has 0 bridgehead atoms. The van der Waals surface area contributed by atoms with Gasteiger partial charge in [-0.3, -0.25) is 9.59 Å². The van der Waals surface area contributed by atoms with Gasteiger partial charge in [-0.25, -0.2) is 0 Å². The minimum absolute atomic E-state index is 0.00167. The van der Waals surface area contributed by atoms with Gasteiger partial charge in [0.05, 0.1) is 13.0 Å². The summed E-state index contributed by atoms with van der Waals surface area (Å²) in [5.41, 5.74) is 0.678. The monoisotopic (exact) mass is 275 g/mol. The van der Waals surface area contributed by atoms with E-state index in [0.717, 1.165) is 6.54 Å². The highest BCUT2D eigenvalue weighted by Crippen LogP contribution is 2.30. The first kappa shape index (κ1) is 14.6. The lowest BCUT2D eigenvalue weighted by atomic mass is 10.2. The average molecular weight is 275 g/mol. The van der Waals surface area contributed by atoms with Gasteiger partial charge in [-0.15, -0.1) is 0 Å². The van der Waals surface area contributed by atoms with Crippen molar-refractivity contribution < 1.29 is 14.3 Å². The zero-order chi connectivity index (χ0) is 14.4. The van der Waals surface area contributed by atoms with Crippen molar-refractivity contribution in [3.05, 3.63) is 35.9 Å². The second-order valence-electron chi connectivity index (χ2n) is 5.12. The van der Waals surface area contributed by atoms with Crippen LogP contribution in [-0.2, 0) is 9.53 Å². The average Bonchev–Trinajstić information content (AvgIpc) is 3.28. The number of benzene rings is 1. The SMILES string of the molecule is CCOC(=O)CCN(CC1CC1)C(=O)c1ccccc1. The maximum Gasteiger partial charge on any atom is 0.307 e. The third-order valence-electron chi connectivity index (χ3n) is 3.37. The molecule has 1 aromatic carbocycles. The van der Waals surface area contributed by atoms with E-state index in [1.165, 1.54) is 12.8 Å². The molecule has 1 fully saturated rings. The first-order chi connectivity index (χ1) is 9.70. The number of esters is 1. The van der Waals surface area contributed by atoms with Gasteiger partial charge in [-0.05, 0) is 37.8 Å².